The number of nitriles is 1. The molecule has 0 bridgehead atoms. The van der Waals surface area contributed by atoms with Gasteiger partial charge in [0.25, 0.3) is 8.53 Å². The highest BCUT2D eigenvalue weighted by atomic mass is 31.2. The third kappa shape index (κ3) is 21.8. The van der Waals surface area contributed by atoms with Crippen LogP contribution in [0, 0.1) is 16.7 Å². The monoisotopic (exact) mass is 1470 g/mol. The van der Waals surface area contributed by atoms with Crippen LogP contribution in [0.3, 0.4) is 0 Å². The van der Waals surface area contributed by atoms with E-state index in [1.807, 2.05) is 127 Å². The van der Waals surface area contributed by atoms with Gasteiger partial charge in [0.15, 0.2) is 0 Å². The molecule has 568 valence electrons. The predicted octanol–water partition coefficient (Wildman–Crippen LogP) is 18.0. The first kappa shape index (κ1) is 82.4. The van der Waals surface area contributed by atoms with Crippen molar-refractivity contribution < 1.29 is 70.6 Å². The first-order chi connectivity index (χ1) is 52.3. The summed E-state index contributed by atoms with van der Waals surface area (Å²) in [6, 6.07) is 81.6. The molecular formula is C89H107N2O15P. The fourth-order valence-electron chi connectivity index (χ4n) is 13.4. The van der Waals surface area contributed by atoms with Gasteiger partial charge in [0, 0.05) is 38.5 Å². The van der Waals surface area contributed by atoms with Gasteiger partial charge < -0.3 is 70.6 Å². The normalized spacial score (nSPS) is 12.3. The van der Waals surface area contributed by atoms with Crippen molar-refractivity contribution in [3.63, 3.8) is 0 Å². The second-order valence-corrected chi connectivity index (χ2v) is 28.0. The highest BCUT2D eigenvalue weighted by Gasteiger charge is 2.42. The largest absolute Gasteiger partial charge is 0.497 e. The first-order valence-corrected chi connectivity index (χ1v) is 38.0. The number of benzene rings is 9. The third-order valence-corrected chi connectivity index (χ3v) is 20.8. The Morgan fingerprint density at radius 2 is 0.523 bits per heavy atom. The smallest absolute Gasteiger partial charge is 0.259 e. The summed E-state index contributed by atoms with van der Waals surface area (Å²) in [7, 11) is 8.55. The SMILES string of the molecule is COc1ccc(C(OCCCOCC(COCCCOP(OCCC#N)N(C(C)C)C(C)C)(COCCCOC(c2ccccc2)(c2ccc(OC)cc2)c2ccc(OC)cc2)COCCCOC(c2ccccc2)(c2ccc(OC)cc2)c2ccc(OC)cc2)(c2ccccc2)c2ccc(OC)cc2)cc1. The Hall–Kier alpha value is -8.70. The summed E-state index contributed by atoms with van der Waals surface area (Å²) < 4.78 is 98.3. The van der Waals surface area contributed by atoms with Crippen molar-refractivity contribution in [3.05, 3.63) is 287 Å². The van der Waals surface area contributed by atoms with Gasteiger partial charge in [-0.3, -0.25) is 0 Å². The molecule has 0 heterocycles. The van der Waals surface area contributed by atoms with E-state index in [1.165, 1.54) is 0 Å². The highest BCUT2D eigenvalue weighted by molar-refractivity contribution is 7.44. The van der Waals surface area contributed by atoms with Gasteiger partial charge in [0.2, 0.25) is 0 Å². The average Bonchev–Trinajstić information content (AvgIpc) is 0.768. The van der Waals surface area contributed by atoms with Crippen molar-refractivity contribution in [2.45, 2.75) is 88.7 Å². The minimum atomic E-state index is -1.45. The quantitative estimate of drug-likeness (QED) is 0.0201. The lowest BCUT2D eigenvalue weighted by atomic mass is 9.80. The Morgan fingerprint density at radius 1 is 0.299 bits per heavy atom. The fourth-order valence-corrected chi connectivity index (χ4v) is 15.0. The van der Waals surface area contributed by atoms with Gasteiger partial charge >= 0.3 is 0 Å². The molecule has 0 amide bonds. The molecule has 1 unspecified atom stereocenters. The predicted molar refractivity (Wildman–Crippen MR) is 420 cm³/mol. The summed E-state index contributed by atoms with van der Waals surface area (Å²) >= 11 is 0. The minimum absolute atomic E-state index is 0.153. The van der Waals surface area contributed by atoms with E-state index in [9.17, 15) is 5.26 Å². The number of rotatable bonds is 49. The standard InChI is InChI=1S/C89H107N2O15P/c1-69(2)91(70(3)4)107(105-63-20-55-90)106-64-24-59-101-68-86(65-98-56-21-60-102-87(71-25-14-11-15-26-71,74-31-43-80(92-5)44-32-74)75-33-45-81(93-6)46-34-75,66-99-57-22-61-103-88(72-27-16-12-17-28-72,76-35-47-82(94-7)48-36-76)77-37-49-83(95-8)50-38-77)67-100-58-23-62-104-89(73-29-18-13-19-30-73,78-39-51-84(96-9)52-40-78)79-41-53-85(97-10)54-42-79/h11-19,25-54,69-70H,20-24,56-68H2,1-10H3. The lowest BCUT2D eigenvalue weighted by Crippen LogP contribution is -2.42. The average molecular weight is 1480 g/mol. The Morgan fingerprint density at radius 3 is 0.748 bits per heavy atom. The first-order valence-electron chi connectivity index (χ1n) is 36.8. The van der Waals surface area contributed by atoms with Gasteiger partial charge in [-0.15, -0.1) is 0 Å². The summed E-state index contributed by atoms with van der Waals surface area (Å²) in [6.07, 6.45) is 2.43. The summed E-state index contributed by atoms with van der Waals surface area (Å²) in [6.45, 7) is 12.4. The van der Waals surface area contributed by atoms with E-state index in [0.717, 1.165) is 84.6 Å². The van der Waals surface area contributed by atoms with Crippen molar-refractivity contribution in [3.8, 4) is 40.6 Å². The summed E-state index contributed by atoms with van der Waals surface area (Å²) in [5.41, 5.74) is 4.58. The highest BCUT2D eigenvalue weighted by Crippen LogP contribution is 2.48. The number of nitrogens with zero attached hydrogens (tertiary/aromatic N) is 2. The number of hydrogen-bond acceptors (Lipinski definition) is 17. The topological polar surface area (TPSA) is 165 Å². The molecule has 9 aromatic carbocycles. The van der Waals surface area contributed by atoms with E-state index >= 15 is 0 Å². The van der Waals surface area contributed by atoms with E-state index in [4.69, 9.17) is 70.6 Å². The van der Waals surface area contributed by atoms with Gasteiger partial charge in [-0.25, -0.2) is 4.67 Å². The van der Waals surface area contributed by atoms with E-state index < -0.39 is 30.7 Å². The molecule has 0 radical (unpaired) electrons. The second-order valence-electron chi connectivity index (χ2n) is 26.6. The van der Waals surface area contributed by atoms with Crippen molar-refractivity contribution >= 4 is 8.53 Å². The number of methoxy groups -OCH3 is 6. The summed E-state index contributed by atoms with van der Waals surface area (Å²) in [4.78, 5) is 0. The molecule has 9 aromatic rings. The van der Waals surface area contributed by atoms with Gasteiger partial charge in [0.05, 0.1) is 120 Å². The lowest BCUT2D eigenvalue weighted by molar-refractivity contribution is -0.113. The zero-order valence-corrected chi connectivity index (χ0v) is 64.8. The number of ether oxygens (including phenoxy) is 13. The molecule has 107 heavy (non-hydrogen) atoms. The number of hydrogen-bond donors (Lipinski definition) is 0. The molecule has 0 aliphatic carbocycles. The van der Waals surface area contributed by atoms with Crippen molar-refractivity contribution in [1.29, 1.82) is 5.26 Å². The minimum Gasteiger partial charge on any atom is -0.497 e. The molecule has 0 saturated carbocycles. The van der Waals surface area contributed by atoms with Crippen LogP contribution in [0.25, 0.3) is 0 Å². The van der Waals surface area contributed by atoms with Crippen LogP contribution in [-0.2, 0) is 59.0 Å². The summed E-state index contributed by atoms with van der Waals surface area (Å²) in [5, 5.41) is 9.42. The molecule has 0 aliphatic rings. The van der Waals surface area contributed by atoms with Crippen LogP contribution in [0.15, 0.2) is 237 Å². The maximum atomic E-state index is 9.42. The van der Waals surface area contributed by atoms with Crippen molar-refractivity contribution in [2.24, 2.45) is 5.41 Å². The zero-order chi connectivity index (χ0) is 75.6. The van der Waals surface area contributed by atoms with Crippen molar-refractivity contribution in [1.82, 2.24) is 4.67 Å². The molecule has 0 aromatic heterocycles. The van der Waals surface area contributed by atoms with Crippen LogP contribution in [0.2, 0.25) is 0 Å². The molecule has 0 saturated heterocycles. The molecule has 17 nitrogen and oxygen atoms in total. The van der Waals surface area contributed by atoms with E-state index in [2.05, 4.69) is 148 Å². The Kier molecular flexibility index (Phi) is 32.9. The molecule has 0 spiro atoms. The second kappa shape index (κ2) is 42.7. The molecule has 9 rings (SSSR count). The van der Waals surface area contributed by atoms with E-state index in [-0.39, 0.29) is 51.5 Å². The van der Waals surface area contributed by atoms with Crippen LogP contribution in [0.5, 0.6) is 34.5 Å². The Balaban J connectivity index is 0.999. The molecule has 1 atom stereocenters. The van der Waals surface area contributed by atoms with Gasteiger partial charge in [-0.1, -0.05) is 164 Å². The van der Waals surface area contributed by atoms with Crippen LogP contribution in [0.1, 0.15) is 110 Å². The molecule has 0 N–H and O–H groups in total. The van der Waals surface area contributed by atoms with Gasteiger partial charge in [-0.2, -0.15) is 5.26 Å². The molecule has 0 fully saturated rings. The van der Waals surface area contributed by atoms with E-state index in [1.54, 1.807) is 42.7 Å². The molecular weight excluding hydrogens is 1370 g/mol. The van der Waals surface area contributed by atoms with Crippen LogP contribution in [-0.4, -0.2) is 145 Å². The Bertz CT molecular complexity index is 3460. The van der Waals surface area contributed by atoms with Crippen LogP contribution >= 0.6 is 8.53 Å². The maximum absolute atomic E-state index is 9.42. The molecule has 0 aliphatic heterocycles. The fraction of sp³-hybridized carbons (Fsp3) is 0.382. The third-order valence-electron chi connectivity index (χ3n) is 18.7. The van der Waals surface area contributed by atoms with Crippen molar-refractivity contribution in [2.75, 3.05) is 129 Å². The van der Waals surface area contributed by atoms with Gasteiger partial charge in [-0.05, 0) is 176 Å². The Labute approximate surface area is 635 Å². The lowest BCUT2D eigenvalue weighted by Gasteiger charge is -2.37. The molecule has 18 heteroatoms. The summed E-state index contributed by atoms with van der Waals surface area (Å²) in [5.74, 6) is 4.42. The maximum Gasteiger partial charge on any atom is 0.259 e. The van der Waals surface area contributed by atoms with Crippen LogP contribution in [0.4, 0.5) is 0 Å². The van der Waals surface area contributed by atoms with Crippen LogP contribution < -0.4 is 28.4 Å². The van der Waals surface area contributed by atoms with Gasteiger partial charge in [0.1, 0.15) is 51.3 Å². The zero-order valence-electron chi connectivity index (χ0n) is 63.9. The van der Waals surface area contributed by atoms with E-state index in [0.29, 0.717) is 78.5 Å².